The van der Waals surface area contributed by atoms with Gasteiger partial charge < -0.3 is 9.30 Å². The van der Waals surface area contributed by atoms with Gasteiger partial charge in [0.25, 0.3) is 0 Å². The SMILES string of the molecule is C=C(c1ccc2cc(OC)ccc2c1)c1cccn1-c1ccccc1. The number of hydrogen-bond acceptors (Lipinski definition) is 1. The summed E-state index contributed by atoms with van der Waals surface area (Å²) in [5, 5.41) is 2.34. The minimum absolute atomic E-state index is 0.872. The number of hydrogen-bond donors (Lipinski definition) is 0. The van der Waals surface area contributed by atoms with E-state index in [1.165, 1.54) is 5.39 Å². The Labute approximate surface area is 147 Å². The van der Waals surface area contributed by atoms with Gasteiger partial charge in [-0.1, -0.05) is 43.0 Å². The third-order valence-electron chi connectivity index (χ3n) is 4.49. The summed E-state index contributed by atoms with van der Waals surface area (Å²) in [6.45, 7) is 4.35. The van der Waals surface area contributed by atoms with Gasteiger partial charge in [-0.2, -0.15) is 0 Å². The van der Waals surface area contributed by atoms with Crippen LogP contribution in [0.1, 0.15) is 11.3 Å². The minimum atomic E-state index is 0.872. The molecule has 0 aliphatic rings. The van der Waals surface area contributed by atoms with Gasteiger partial charge in [0.15, 0.2) is 0 Å². The van der Waals surface area contributed by atoms with Crippen LogP contribution in [0.2, 0.25) is 0 Å². The van der Waals surface area contributed by atoms with Gasteiger partial charge in [-0.3, -0.25) is 0 Å². The normalized spacial score (nSPS) is 10.8. The van der Waals surface area contributed by atoms with Crippen molar-refractivity contribution in [2.75, 3.05) is 7.11 Å². The topological polar surface area (TPSA) is 14.2 Å². The first-order valence-corrected chi connectivity index (χ1v) is 8.26. The second-order valence-electron chi connectivity index (χ2n) is 6.01. The number of aromatic nitrogens is 1. The van der Waals surface area contributed by atoms with Crippen LogP contribution in [0, 0.1) is 0 Å². The number of rotatable bonds is 4. The largest absolute Gasteiger partial charge is 0.497 e. The van der Waals surface area contributed by atoms with Crippen LogP contribution in [-0.2, 0) is 0 Å². The number of nitrogens with zero attached hydrogens (tertiary/aromatic N) is 1. The van der Waals surface area contributed by atoms with E-state index in [1.54, 1.807) is 7.11 Å². The second-order valence-corrected chi connectivity index (χ2v) is 6.01. The summed E-state index contributed by atoms with van der Waals surface area (Å²) in [5.41, 5.74) is 4.35. The molecule has 1 aromatic heterocycles. The van der Waals surface area contributed by atoms with Gasteiger partial charge in [-0.25, -0.2) is 0 Å². The summed E-state index contributed by atoms with van der Waals surface area (Å²) in [6, 6.07) is 27.0. The highest BCUT2D eigenvalue weighted by Gasteiger charge is 2.09. The molecule has 0 fully saturated rings. The predicted molar refractivity (Wildman–Crippen MR) is 104 cm³/mol. The highest BCUT2D eigenvalue weighted by molar-refractivity contribution is 5.89. The fraction of sp³-hybridized carbons (Fsp3) is 0.0435. The first-order chi connectivity index (χ1) is 12.3. The Morgan fingerprint density at radius 1 is 0.840 bits per heavy atom. The number of ether oxygens (including phenoxy) is 1. The molecule has 4 aromatic rings. The standard InChI is InChI=1S/C23H19NO/c1-17(23-9-6-14-24(23)21-7-4-3-5-8-21)18-10-11-20-16-22(25-2)13-12-19(20)15-18/h3-16H,1H2,2H3. The summed E-state index contributed by atoms with van der Waals surface area (Å²) in [4.78, 5) is 0. The van der Waals surface area contributed by atoms with E-state index in [1.807, 2.05) is 24.3 Å². The zero-order valence-electron chi connectivity index (χ0n) is 14.1. The van der Waals surface area contributed by atoms with E-state index in [4.69, 9.17) is 4.74 Å². The third-order valence-corrected chi connectivity index (χ3v) is 4.49. The zero-order valence-corrected chi connectivity index (χ0v) is 14.1. The van der Waals surface area contributed by atoms with Crippen molar-refractivity contribution in [3.63, 3.8) is 0 Å². The lowest BCUT2D eigenvalue weighted by molar-refractivity contribution is 0.415. The molecule has 0 spiro atoms. The molecule has 0 unspecified atom stereocenters. The molecule has 0 aliphatic carbocycles. The van der Waals surface area contributed by atoms with Crippen molar-refractivity contribution in [2.24, 2.45) is 0 Å². The molecular formula is C23H19NO. The molecule has 3 aromatic carbocycles. The summed E-state index contributed by atoms with van der Waals surface area (Å²) in [5.74, 6) is 0.872. The molecule has 4 rings (SSSR count). The molecule has 2 nitrogen and oxygen atoms in total. The maximum atomic E-state index is 5.30. The molecule has 0 N–H and O–H groups in total. The molecular weight excluding hydrogens is 306 g/mol. The number of fused-ring (bicyclic) bond motifs is 1. The van der Waals surface area contributed by atoms with Crippen molar-refractivity contribution < 1.29 is 4.74 Å². The molecule has 0 saturated heterocycles. The average Bonchev–Trinajstić information content (AvgIpc) is 3.17. The smallest absolute Gasteiger partial charge is 0.119 e. The van der Waals surface area contributed by atoms with Gasteiger partial charge in [-0.15, -0.1) is 0 Å². The van der Waals surface area contributed by atoms with Gasteiger partial charge in [-0.05, 0) is 64.4 Å². The van der Waals surface area contributed by atoms with Gasteiger partial charge >= 0.3 is 0 Å². The van der Waals surface area contributed by atoms with Crippen LogP contribution >= 0.6 is 0 Å². The lowest BCUT2D eigenvalue weighted by Crippen LogP contribution is -1.98. The molecule has 25 heavy (non-hydrogen) atoms. The van der Waals surface area contributed by atoms with E-state index in [0.717, 1.165) is 33.7 Å². The molecule has 2 heteroatoms. The Bertz CT molecular complexity index is 1040. The van der Waals surface area contributed by atoms with Crippen molar-refractivity contribution in [3.05, 3.63) is 103 Å². The number of methoxy groups -OCH3 is 1. The monoisotopic (exact) mass is 325 g/mol. The maximum Gasteiger partial charge on any atom is 0.119 e. The van der Waals surface area contributed by atoms with Crippen molar-refractivity contribution in [2.45, 2.75) is 0 Å². The van der Waals surface area contributed by atoms with Crippen LogP contribution in [0.15, 0.2) is 91.6 Å². The van der Waals surface area contributed by atoms with Crippen molar-refractivity contribution in [1.29, 1.82) is 0 Å². The first-order valence-electron chi connectivity index (χ1n) is 8.26. The molecule has 0 amide bonds. The fourth-order valence-corrected chi connectivity index (χ4v) is 3.13. The van der Waals surface area contributed by atoms with Crippen LogP contribution in [0.5, 0.6) is 5.75 Å². The third kappa shape index (κ3) is 2.83. The second kappa shape index (κ2) is 6.33. The Morgan fingerprint density at radius 3 is 2.40 bits per heavy atom. The quantitative estimate of drug-likeness (QED) is 0.469. The van der Waals surface area contributed by atoms with Crippen LogP contribution in [-0.4, -0.2) is 11.7 Å². The summed E-state index contributed by atoms with van der Waals surface area (Å²) >= 11 is 0. The number of benzene rings is 3. The van der Waals surface area contributed by atoms with Gasteiger partial charge in [0.1, 0.15) is 5.75 Å². The molecule has 0 radical (unpaired) electrons. The van der Waals surface area contributed by atoms with Crippen LogP contribution in [0.25, 0.3) is 22.0 Å². The molecule has 0 saturated carbocycles. The summed E-state index contributed by atoms with van der Waals surface area (Å²) in [6.07, 6.45) is 2.07. The molecule has 1 heterocycles. The van der Waals surface area contributed by atoms with E-state index in [9.17, 15) is 0 Å². The maximum absolute atomic E-state index is 5.30. The fourth-order valence-electron chi connectivity index (χ4n) is 3.13. The van der Waals surface area contributed by atoms with Gasteiger partial charge in [0.05, 0.1) is 12.8 Å². The zero-order chi connectivity index (χ0) is 17.2. The lowest BCUT2D eigenvalue weighted by atomic mass is 10.00. The molecule has 0 atom stereocenters. The minimum Gasteiger partial charge on any atom is -0.497 e. The Hall–Kier alpha value is -3.26. The molecule has 122 valence electrons. The predicted octanol–water partition coefficient (Wildman–Crippen LogP) is 5.70. The highest BCUT2D eigenvalue weighted by Crippen LogP contribution is 2.28. The van der Waals surface area contributed by atoms with E-state index in [2.05, 4.69) is 71.9 Å². The molecule has 0 bridgehead atoms. The Kier molecular flexibility index (Phi) is 3.87. The molecule has 0 aliphatic heterocycles. The lowest BCUT2D eigenvalue weighted by Gasteiger charge is -2.13. The van der Waals surface area contributed by atoms with E-state index < -0.39 is 0 Å². The average molecular weight is 325 g/mol. The number of para-hydroxylation sites is 1. The van der Waals surface area contributed by atoms with Gasteiger partial charge in [0, 0.05) is 11.9 Å². The van der Waals surface area contributed by atoms with Crippen molar-refractivity contribution >= 4 is 16.3 Å². The van der Waals surface area contributed by atoms with E-state index >= 15 is 0 Å². The van der Waals surface area contributed by atoms with Crippen LogP contribution in [0.3, 0.4) is 0 Å². The highest BCUT2D eigenvalue weighted by atomic mass is 16.5. The van der Waals surface area contributed by atoms with E-state index in [0.29, 0.717) is 0 Å². The van der Waals surface area contributed by atoms with Crippen molar-refractivity contribution in [3.8, 4) is 11.4 Å². The Balaban J connectivity index is 1.75. The summed E-state index contributed by atoms with van der Waals surface area (Å²) < 4.78 is 7.47. The Morgan fingerprint density at radius 2 is 1.60 bits per heavy atom. The van der Waals surface area contributed by atoms with E-state index in [-0.39, 0.29) is 0 Å². The van der Waals surface area contributed by atoms with Crippen LogP contribution in [0.4, 0.5) is 0 Å². The van der Waals surface area contributed by atoms with Gasteiger partial charge in [0.2, 0.25) is 0 Å². The van der Waals surface area contributed by atoms with Crippen molar-refractivity contribution in [1.82, 2.24) is 4.57 Å². The van der Waals surface area contributed by atoms with Crippen LogP contribution < -0.4 is 4.74 Å². The summed E-state index contributed by atoms with van der Waals surface area (Å²) in [7, 11) is 1.69. The first kappa shape index (κ1) is 15.3.